The minimum absolute atomic E-state index is 0.322. The fourth-order valence-electron chi connectivity index (χ4n) is 1.49. The number of hydrogen-bond donors (Lipinski definition) is 1. The molecule has 0 spiro atoms. The summed E-state index contributed by atoms with van der Waals surface area (Å²) >= 11 is 0. The van der Waals surface area contributed by atoms with Crippen molar-refractivity contribution in [3.63, 3.8) is 0 Å². The van der Waals surface area contributed by atoms with Gasteiger partial charge in [-0.3, -0.25) is 0 Å². The highest BCUT2D eigenvalue weighted by Gasteiger charge is 2.05. The van der Waals surface area contributed by atoms with Crippen molar-refractivity contribution < 1.29 is 4.39 Å². The van der Waals surface area contributed by atoms with E-state index < -0.39 is 0 Å². The lowest BCUT2D eigenvalue weighted by atomic mass is 10.1. The van der Waals surface area contributed by atoms with Gasteiger partial charge >= 0.3 is 0 Å². The van der Waals surface area contributed by atoms with Crippen LogP contribution in [0.2, 0.25) is 0 Å². The Hall–Kier alpha value is -2.48. The van der Waals surface area contributed by atoms with Crippen molar-refractivity contribution in [1.29, 1.82) is 5.26 Å². The molecule has 0 bridgehead atoms. The Morgan fingerprint density at radius 3 is 2.67 bits per heavy atom. The third-order valence-electron chi connectivity index (χ3n) is 2.36. The molecule has 90 valence electrons. The average Bonchev–Trinajstić information content (AvgIpc) is 2.41. The first-order chi connectivity index (χ1) is 8.81. The largest absolute Gasteiger partial charge is 0.368 e. The van der Waals surface area contributed by atoms with Crippen LogP contribution in [-0.4, -0.2) is 16.7 Å². The van der Waals surface area contributed by atoms with Gasteiger partial charge in [-0.1, -0.05) is 12.1 Å². The molecule has 18 heavy (non-hydrogen) atoms. The van der Waals surface area contributed by atoms with E-state index in [4.69, 9.17) is 5.26 Å². The second-order valence-electron chi connectivity index (χ2n) is 3.62. The van der Waals surface area contributed by atoms with Gasteiger partial charge in [0.15, 0.2) is 0 Å². The summed E-state index contributed by atoms with van der Waals surface area (Å²) in [5.74, 6) is 0.252. The predicted octanol–water partition coefficient (Wildman–Crippen LogP) is 2.61. The van der Waals surface area contributed by atoms with Crippen molar-refractivity contribution >= 4 is 5.82 Å². The Morgan fingerprint density at radius 1 is 1.17 bits per heavy atom. The number of anilines is 1. The minimum Gasteiger partial charge on any atom is -0.368 e. The van der Waals surface area contributed by atoms with Gasteiger partial charge in [-0.15, -0.1) is 10.2 Å². The molecule has 1 aromatic carbocycles. The summed E-state index contributed by atoms with van der Waals surface area (Å²) in [6.45, 7) is 0.518. The Labute approximate surface area is 104 Å². The van der Waals surface area contributed by atoms with Crippen LogP contribution in [0.5, 0.6) is 0 Å². The van der Waals surface area contributed by atoms with Crippen molar-refractivity contribution in [2.75, 3.05) is 11.9 Å². The maximum absolute atomic E-state index is 13.5. The first kappa shape index (κ1) is 12.0. The van der Waals surface area contributed by atoms with Crippen molar-refractivity contribution in [2.45, 2.75) is 6.42 Å². The van der Waals surface area contributed by atoms with Crippen molar-refractivity contribution in [3.05, 3.63) is 42.2 Å². The number of nitrogens with zero attached hydrogens (tertiary/aromatic N) is 3. The molecule has 2 rings (SSSR count). The molecule has 2 aromatic rings. The molecular formula is C13H11FN4. The fourth-order valence-corrected chi connectivity index (χ4v) is 1.49. The van der Waals surface area contributed by atoms with E-state index in [-0.39, 0.29) is 5.82 Å². The van der Waals surface area contributed by atoms with Crippen LogP contribution in [-0.2, 0) is 0 Å². The molecule has 0 aliphatic carbocycles. The summed E-state index contributed by atoms with van der Waals surface area (Å²) in [5, 5.41) is 19.2. The van der Waals surface area contributed by atoms with Gasteiger partial charge in [0.1, 0.15) is 11.6 Å². The maximum atomic E-state index is 13.5. The maximum Gasteiger partial charge on any atom is 0.148 e. The molecule has 0 radical (unpaired) electrons. The molecule has 1 N–H and O–H groups in total. The number of benzene rings is 1. The van der Waals surface area contributed by atoms with Crippen molar-refractivity contribution in [1.82, 2.24) is 10.2 Å². The van der Waals surface area contributed by atoms with E-state index in [1.54, 1.807) is 30.3 Å². The lowest BCUT2D eigenvalue weighted by molar-refractivity contribution is 0.630. The molecule has 0 unspecified atom stereocenters. The Bertz CT molecular complexity index is 560. The Kier molecular flexibility index (Phi) is 3.82. The Morgan fingerprint density at radius 2 is 2.00 bits per heavy atom. The fraction of sp³-hybridized carbons (Fsp3) is 0.154. The molecule has 0 saturated carbocycles. The van der Waals surface area contributed by atoms with Crippen LogP contribution in [0.1, 0.15) is 6.42 Å². The molecule has 4 nitrogen and oxygen atoms in total. The average molecular weight is 242 g/mol. The van der Waals surface area contributed by atoms with Gasteiger partial charge in [0.2, 0.25) is 0 Å². The lowest BCUT2D eigenvalue weighted by Gasteiger charge is -2.04. The van der Waals surface area contributed by atoms with E-state index in [1.807, 2.05) is 6.07 Å². The van der Waals surface area contributed by atoms with Gasteiger partial charge in [0.05, 0.1) is 18.2 Å². The molecule has 1 aromatic heterocycles. The zero-order valence-electron chi connectivity index (χ0n) is 9.60. The van der Waals surface area contributed by atoms with Crippen LogP contribution < -0.4 is 5.32 Å². The highest BCUT2D eigenvalue weighted by molar-refractivity contribution is 5.60. The third-order valence-corrected chi connectivity index (χ3v) is 2.36. The number of hydrogen-bond acceptors (Lipinski definition) is 4. The third kappa shape index (κ3) is 2.80. The topological polar surface area (TPSA) is 61.6 Å². The summed E-state index contributed by atoms with van der Waals surface area (Å²) in [7, 11) is 0. The number of halogens is 1. The highest BCUT2D eigenvalue weighted by atomic mass is 19.1. The first-order valence-electron chi connectivity index (χ1n) is 5.50. The van der Waals surface area contributed by atoms with E-state index >= 15 is 0 Å². The highest BCUT2D eigenvalue weighted by Crippen LogP contribution is 2.20. The predicted molar refractivity (Wildman–Crippen MR) is 66.1 cm³/mol. The van der Waals surface area contributed by atoms with Crippen LogP contribution in [0.4, 0.5) is 10.2 Å². The summed E-state index contributed by atoms with van der Waals surface area (Å²) in [5.41, 5.74) is 0.910. The van der Waals surface area contributed by atoms with Crippen LogP contribution in [0.25, 0.3) is 11.3 Å². The summed E-state index contributed by atoms with van der Waals surface area (Å²) in [6, 6.07) is 11.8. The smallest absolute Gasteiger partial charge is 0.148 e. The summed E-state index contributed by atoms with van der Waals surface area (Å²) in [4.78, 5) is 0. The summed E-state index contributed by atoms with van der Waals surface area (Å²) in [6.07, 6.45) is 0.400. The Balaban J connectivity index is 2.13. The standard InChI is InChI=1S/C13H11FN4/c14-11-5-2-1-4-10(11)12-6-7-13(18-17-12)16-9-3-8-15/h1-2,4-7H,3,9H2,(H,16,18). The molecule has 0 saturated heterocycles. The zero-order valence-corrected chi connectivity index (χ0v) is 9.60. The second-order valence-corrected chi connectivity index (χ2v) is 3.62. The molecule has 1 heterocycles. The molecule has 0 aliphatic rings. The van der Waals surface area contributed by atoms with Crippen molar-refractivity contribution in [3.8, 4) is 17.3 Å². The van der Waals surface area contributed by atoms with Crippen LogP contribution in [0, 0.1) is 17.1 Å². The number of nitrogens with one attached hydrogen (secondary N) is 1. The molecule has 0 aliphatic heterocycles. The normalized spacial score (nSPS) is 9.78. The van der Waals surface area contributed by atoms with Crippen LogP contribution >= 0.6 is 0 Å². The molecule has 5 heteroatoms. The SMILES string of the molecule is N#CCCNc1ccc(-c2ccccc2F)nn1. The van der Waals surface area contributed by atoms with E-state index in [9.17, 15) is 4.39 Å². The number of nitriles is 1. The van der Waals surface area contributed by atoms with Gasteiger partial charge in [-0.25, -0.2) is 4.39 Å². The van der Waals surface area contributed by atoms with E-state index in [2.05, 4.69) is 15.5 Å². The van der Waals surface area contributed by atoms with Gasteiger partial charge in [0, 0.05) is 12.1 Å². The van der Waals surface area contributed by atoms with Crippen LogP contribution in [0.3, 0.4) is 0 Å². The van der Waals surface area contributed by atoms with Gasteiger partial charge in [0.25, 0.3) is 0 Å². The van der Waals surface area contributed by atoms with Crippen LogP contribution in [0.15, 0.2) is 36.4 Å². The summed E-state index contributed by atoms with van der Waals surface area (Å²) < 4.78 is 13.5. The van der Waals surface area contributed by atoms with E-state index in [0.29, 0.717) is 30.0 Å². The quantitative estimate of drug-likeness (QED) is 0.837. The first-order valence-corrected chi connectivity index (χ1v) is 5.50. The second kappa shape index (κ2) is 5.73. The van der Waals surface area contributed by atoms with Gasteiger partial charge in [-0.2, -0.15) is 5.26 Å². The monoisotopic (exact) mass is 242 g/mol. The molecule has 0 amide bonds. The number of aromatic nitrogens is 2. The lowest BCUT2D eigenvalue weighted by Crippen LogP contribution is -2.03. The zero-order chi connectivity index (χ0) is 12.8. The van der Waals surface area contributed by atoms with Gasteiger partial charge < -0.3 is 5.32 Å². The van der Waals surface area contributed by atoms with Crippen molar-refractivity contribution in [2.24, 2.45) is 0 Å². The van der Waals surface area contributed by atoms with Gasteiger partial charge in [-0.05, 0) is 24.3 Å². The van der Waals surface area contributed by atoms with E-state index in [1.165, 1.54) is 6.07 Å². The molecule has 0 atom stereocenters. The molecule has 0 fully saturated rings. The molecular weight excluding hydrogens is 231 g/mol. The van der Waals surface area contributed by atoms with E-state index in [0.717, 1.165) is 0 Å². The number of rotatable bonds is 4. The minimum atomic E-state index is -0.322.